The van der Waals surface area contributed by atoms with Crippen molar-refractivity contribution >= 4 is 0 Å². The number of benzene rings is 1. The SMILES string of the molecule is C=CC=CC1CCC(c2ccc(C#N)cc2)CC1. The average Bonchev–Trinajstić information content (AvgIpc) is 2.46. The normalized spacial score (nSPS) is 23.7. The first-order valence-corrected chi connectivity index (χ1v) is 6.62. The average molecular weight is 237 g/mol. The highest BCUT2D eigenvalue weighted by Gasteiger charge is 2.20. The zero-order valence-corrected chi connectivity index (χ0v) is 10.7. The lowest BCUT2D eigenvalue weighted by Gasteiger charge is -2.27. The second kappa shape index (κ2) is 6.21. The van der Waals surface area contributed by atoms with Crippen molar-refractivity contribution in [3.63, 3.8) is 0 Å². The lowest BCUT2D eigenvalue weighted by molar-refractivity contribution is 0.376. The van der Waals surface area contributed by atoms with Crippen molar-refractivity contribution < 1.29 is 0 Å². The van der Waals surface area contributed by atoms with Crippen LogP contribution in [0, 0.1) is 17.2 Å². The molecule has 18 heavy (non-hydrogen) atoms. The fraction of sp³-hybridized carbons (Fsp3) is 0.353. The molecule has 0 unspecified atom stereocenters. The van der Waals surface area contributed by atoms with Crippen LogP contribution in [-0.2, 0) is 0 Å². The van der Waals surface area contributed by atoms with Crippen molar-refractivity contribution in [1.82, 2.24) is 0 Å². The van der Waals surface area contributed by atoms with E-state index in [1.807, 2.05) is 18.2 Å². The fourth-order valence-electron chi connectivity index (χ4n) is 2.71. The summed E-state index contributed by atoms with van der Waals surface area (Å²) < 4.78 is 0. The molecule has 1 nitrogen and oxygen atoms in total. The summed E-state index contributed by atoms with van der Waals surface area (Å²) in [6, 6.07) is 10.3. The minimum absolute atomic E-state index is 0.672. The number of hydrogen-bond donors (Lipinski definition) is 0. The second-order valence-corrected chi connectivity index (χ2v) is 4.97. The lowest BCUT2D eigenvalue weighted by atomic mass is 9.78. The van der Waals surface area contributed by atoms with Gasteiger partial charge in [-0.25, -0.2) is 0 Å². The summed E-state index contributed by atoms with van der Waals surface area (Å²) in [4.78, 5) is 0. The predicted octanol–water partition coefficient (Wildman–Crippen LogP) is 4.57. The first-order valence-electron chi connectivity index (χ1n) is 6.62. The summed E-state index contributed by atoms with van der Waals surface area (Å²) in [5.41, 5.74) is 2.14. The molecule has 1 aromatic carbocycles. The number of hydrogen-bond acceptors (Lipinski definition) is 1. The van der Waals surface area contributed by atoms with Crippen molar-refractivity contribution in [1.29, 1.82) is 5.26 Å². The van der Waals surface area contributed by atoms with E-state index in [-0.39, 0.29) is 0 Å². The Kier molecular flexibility index (Phi) is 4.36. The Hall–Kier alpha value is -1.81. The van der Waals surface area contributed by atoms with Crippen LogP contribution in [0.4, 0.5) is 0 Å². The topological polar surface area (TPSA) is 23.8 Å². The number of allylic oxidation sites excluding steroid dienone is 3. The van der Waals surface area contributed by atoms with Gasteiger partial charge in [0, 0.05) is 0 Å². The molecule has 0 saturated heterocycles. The molecule has 0 N–H and O–H groups in total. The zero-order chi connectivity index (χ0) is 12.8. The molecule has 1 fully saturated rings. The van der Waals surface area contributed by atoms with Gasteiger partial charge in [0.1, 0.15) is 0 Å². The van der Waals surface area contributed by atoms with Crippen molar-refractivity contribution in [2.75, 3.05) is 0 Å². The van der Waals surface area contributed by atoms with Crippen molar-refractivity contribution in [2.24, 2.45) is 5.92 Å². The molecule has 0 radical (unpaired) electrons. The van der Waals surface area contributed by atoms with Crippen molar-refractivity contribution in [3.05, 3.63) is 60.2 Å². The molecular formula is C17H19N. The van der Waals surface area contributed by atoms with E-state index in [0.29, 0.717) is 5.92 Å². The molecule has 1 aliphatic rings. The molecule has 0 spiro atoms. The summed E-state index contributed by atoms with van der Waals surface area (Å²) >= 11 is 0. The highest BCUT2D eigenvalue weighted by molar-refractivity contribution is 5.33. The largest absolute Gasteiger partial charge is 0.192 e. The van der Waals surface area contributed by atoms with Gasteiger partial charge in [0.05, 0.1) is 11.6 Å². The Bertz CT molecular complexity index is 453. The standard InChI is InChI=1S/C17H19N/c1-2-3-4-14-5-9-16(10-6-14)17-11-7-15(13-18)8-12-17/h2-4,7-8,11-12,14,16H,1,5-6,9-10H2. The van der Waals surface area contributed by atoms with Gasteiger partial charge in [-0.05, 0) is 55.2 Å². The van der Waals surface area contributed by atoms with E-state index in [1.165, 1.54) is 31.2 Å². The van der Waals surface area contributed by atoms with Crippen LogP contribution in [0.15, 0.2) is 49.1 Å². The van der Waals surface area contributed by atoms with Crippen LogP contribution < -0.4 is 0 Å². The highest BCUT2D eigenvalue weighted by Crippen LogP contribution is 2.36. The van der Waals surface area contributed by atoms with Gasteiger partial charge in [-0.1, -0.05) is 36.9 Å². The maximum atomic E-state index is 8.79. The molecule has 0 aliphatic heterocycles. The number of rotatable bonds is 3. The van der Waals surface area contributed by atoms with E-state index in [0.717, 1.165) is 11.5 Å². The Balaban J connectivity index is 1.94. The van der Waals surface area contributed by atoms with Gasteiger partial charge >= 0.3 is 0 Å². The lowest BCUT2D eigenvalue weighted by Crippen LogP contribution is -2.11. The summed E-state index contributed by atoms with van der Waals surface area (Å²) in [5, 5.41) is 8.79. The van der Waals surface area contributed by atoms with E-state index in [2.05, 4.69) is 36.9 Å². The molecule has 1 heteroatoms. The van der Waals surface area contributed by atoms with Gasteiger partial charge in [-0.2, -0.15) is 5.26 Å². The summed E-state index contributed by atoms with van der Waals surface area (Å²) in [7, 11) is 0. The maximum absolute atomic E-state index is 8.79. The van der Waals surface area contributed by atoms with E-state index < -0.39 is 0 Å². The van der Waals surface area contributed by atoms with Crippen LogP contribution in [0.3, 0.4) is 0 Å². The third-order valence-electron chi connectivity index (χ3n) is 3.80. The molecule has 0 heterocycles. The van der Waals surface area contributed by atoms with E-state index in [9.17, 15) is 0 Å². The van der Waals surface area contributed by atoms with Gasteiger partial charge in [0.25, 0.3) is 0 Å². The number of nitriles is 1. The highest BCUT2D eigenvalue weighted by atomic mass is 14.3. The number of nitrogens with zero attached hydrogens (tertiary/aromatic N) is 1. The molecule has 0 bridgehead atoms. The molecule has 2 rings (SSSR count). The fourth-order valence-corrected chi connectivity index (χ4v) is 2.71. The Morgan fingerprint density at radius 1 is 1.11 bits per heavy atom. The van der Waals surface area contributed by atoms with Gasteiger partial charge in [0.15, 0.2) is 0 Å². The Labute approximate surface area is 109 Å². The van der Waals surface area contributed by atoms with Crippen LogP contribution >= 0.6 is 0 Å². The van der Waals surface area contributed by atoms with Crippen molar-refractivity contribution in [3.8, 4) is 6.07 Å². The first-order chi connectivity index (χ1) is 8.83. The minimum Gasteiger partial charge on any atom is -0.192 e. The van der Waals surface area contributed by atoms with E-state index >= 15 is 0 Å². The zero-order valence-electron chi connectivity index (χ0n) is 10.7. The second-order valence-electron chi connectivity index (χ2n) is 4.97. The Morgan fingerprint density at radius 3 is 2.33 bits per heavy atom. The van der Waals surface area contributed by atoms with Crippen LogP contribution in [-0.4, -0.2) is 0 Å². The monoisotopic (exact) mass is 237 g/mol. The maximum Gasteiger partial charge on any atom is 0.0991 e. The van der Waals surface area contributed by atoms with Gasteiger partial charge in [-0.15, -0.1) is 0 Å². The van der Waals surface area contributed by atoms with Crippen LogP contribution in [0.25, 0.3) is 0 Å². The van der Waals surface area contributed by atoms with Gasteiger partial charge in [0.2, 0.25) is 0 Å². The summed E-state index contributed by atoms with van der Waals surface area (Å²) in [5.74, 6) is 1.39. The molecule has 92 valence electrons. The van der Waals surface area contributed by atoms with Crippen molar-refractivity contribution in [2.45, 2.75) is 31.6 Å². The third kappa shape index (κ3) is 3.11. The molecule has 1 aliphatic carbocycles. The molecule has 0 atom stereocenters. The van der Waals surface area contributed by atoms with E-state index in [4.69, 9.17) is 5.26 Å². The molecule has 1 saturated carbocycles. The smallest absolute Gasteiger partial charge is 0.0991 e. The predicted molar refractivity (Wildman–Crippen MR) is 75.2 cm³/mol. The summed E-state index contributed by atoms with van der Waals surface area (Å²) in [6.07, 6.45) is 11.2. The molecule has 0 aromatic heterocycles. The van der Waals surface area contributed by atoms with Crippen LogP contribution in [0.1, 0.15) is 42.7 Å². The van der Waals surface area contributed by atoms with Crippen LogP contribution in [0.5, 0.6) is 0 Å². The molecule has 1 aromatic rings. The van der Waals surface area contributed by atoms with Gasteiger partial charge in [-0.3, -0.25) is 0 Å². The Morgan fingerprint density at radius 2 is 1.78 bits per heavy atom. The summed E-state index contributed by atoms with van der Waals surface area (Å²) in [6.45, 7) is 3.71. The first kappa shape index (κ1) is 12.6. The molecular weight excluding hydrogens is 218 g/mol. The van der Waals surface area contributed by atoms with E-state index in [1.54, 1.807) is 0 Å². The minimum atomic E-state index is 0.672. The van der Waals surface area contributed by atoms with Crippen LogP contribution in [0.2, 0.25) is 0 Å². The third-order valence-corrected chi connectivity index (χ3v) is 3.80. The quantitative estimate of drug-likeness (QED) is 0.706. The van der Waals surface area contributed by atoms with Gasteiger partial charge < -0.3 is 0 Å². The molecule has 0 amide bonds.